The number of anilines is 2. The molecule has 7 nitrogen and oxygen atoms in total. The highest BCUT2D eigenvalue weighted by molar-refractivity contribution is 6.48. The molecule has 45 heavy (non-hydrogen) atoms. The number of fused-ring (bicyclic) bond motifs is 4. The van der Waals surface area contributed by atoms with Crippen molar-refractivity contribution in [2.45, 2.75) is 13.0 Å². The maximum absolute atomic E-state index is 16.0. The second-order valence-electron chi connectivity index (χ2n) is 11.3. The second kappa shape index (κ2) is 10.9. The average Bonchev–Trinajstić information content (AvgIpc) is 3.40. The first-order chi connectivity index (χ1) is 22.0. The van der Waals surface area contributed by atoms with Crippen LogP contribution in [0.5, 0.6) is 0 Å². The van der Waals surface area contributed by atoms with E-state index in [1.54, 1.807) is 12.1 Å². The number of aromatic nitrogens is 2. The van der Waals surface area contributed by atoms with Crippen LogP contribution in [-0.4, -0.2) is 52.5 Å². The lowest BCUT2D eigenvalue weighted by Crippen LogP contribution is -2.55. The third-order valence-corrected chi connectivity index (χ3v) is 9.00. The average molecular weight is 620 g/mol. The Balaban J connectivity index is 1.30. The molecule has 0 unspecified atom stereocenters. The van der Waals surface area contributed by atoms with Gasteiger partial charge in [0.05, 0.1) is 28.8 Å². The summed E-state index contributed by atoms with van der Waals surface area (Å²) in [6, 6.07) is 28.4. The molecule has 0 radical (unpaired) electrons. The fourth-order valence-electron chi connectivity index (χ4n) is 6.53. The second-order valence-corrected chi connectivity index (χ2v) is 11.7. The molecule has 1 fully saturated rings. The van der Waals surface area contributed by atoms with Crippen molar-refractivity contribution in [2.24, 2.45) is 9.98 Å². The zero-order valence-corrected chi connectivity index (χ0v) is 25.2. The minimum Gasteiger partial charge on any atom is -0.368 e. The highest BCUT2D eigenvalue weighted by Gasteiger charge is 2.44. The van der Waals surface area contributed by atoms with Crippen molar-refractivity contribution in [1.29, 1.82) is 0 Å². The van der Waals surface area contributed by atoms with Crippen molar-refractivity contribution >= 4 is 46.2 Å². The fraction of sp³-hybridized carbons (Fsp3) is 0.171. The molecule has 1 aromatic heterocycles. The molecule has 3 aliphatic heterocycles. The molecule has 8 rings (SSSR count). The first-order valence-electron chi connectivity index (χ1n) is 14.9. The van der Waals surface area contributed by atoms with Crippen molar-refractivity contribution in [3.63, 3.8) is 0 Å². The van der Waals surface area contributed by atoms with Gasteiger partial charge in [-0.3, -0.25) is 0 Å². The Labute approximate surface area is 264 Å². The van der Waals surface area contributed by atoms with Gasteiger partial charge in [-0.1, -0.05) is 48.0 Å². The first-order valence-corrected chi connectivity index (χ1v) is 15.3. The van der Waals surface area contributed by atoms with Crippen molar-refractivity contribution in [3.8, 4) is 5.69 Å². The summed E-state index contributed by atoms with van der Waals surface area (Å²) in [5, 5.41) is 5.26. The standard InChI is InChI=1S/C35H28ClF2N7/c1-22-30-32(31-26(36)10-7-11-27(31)38)44-29-13-6-5-12-28(29)39-34(35(44)40-33(30)45(41-22)25-8-3-2-4-9-25)43-20-18-42(19-21-43)24-16-14-23(37)15-17-24/h2-17,32H,18-21H2,1H3/t32-/m0/s1. The van der Waals surface area contributed by atoms with Crippen LogP contribution in [0.3, 0.4) is 0 Å². The highest BCUT2D eigenvalue weighted by Crippen LogP contribution is 2.50. The number of nitrogens with zero attached hydrogens (tertiary/aromatic N) is 7. The highest BCUT2D eigenvalue weighted by atomic mass is 35.5. The van der Waals surface area contributed by atoms with Crippen LogP contribution in [-0.2, 0) is 0 Å². The Hall–Kier alpha value is -5.02. The third-order valence-electron chi connectivity index (χ3n) is 8.67. The van der Waals surface area contributed by atoms with Crippen molar-refractivity contribution < 1.29 is 8.78 Å². The maximum atomic E-state index is 16.0. The maximum Gasteiger partial charge on any atom is 0.179 e. The number of hydrogen-bond donors (Lipinski definition) is 0. The zero-order valence-electron chi connectivity index (χ0n) is 24.4. The van der Waals surface area contributed by atoms with Crippen molar-refractivity contribution in [2.75, 3.05) is 36.0 Å². The van der Waals surface area contributed by atoms with Crippen LogP contribution >= 0.6 is 11.6 Å². The van der Waals surface area contributed by atoms with E-state index in [-0.39, 0.29) is 5.82 Å². The number of amidine groups is 2. The summed E-state index contributed by atoms with van der Waals surface area (Å²) in [4.78, 5) is 17.0. The molecule has 0 spiro atoms. The predicted molar refractivity (Wildman–Crippen MR) is 175 cm³/mol. The van der Waals surface area contributed by atoms with Gasteiger partial charge in [-0.25, -0.2) is 23.4 Å². The summed E-state index contributed by atoms with van der Waals surface area (Å²) in [7, 11) is 0. The molecule has 0 N–H and O–H groups in total. The van der Waals surface area contributed by atoms with Gasteiger partial charge >= 0.3 is 0 Å². The van der Waals surface area contributed by atoms with Crippen LogP contribution in [0.4, 0.5) is 31.7 Å². The van der Waals surface area contributed by atoms with Crippen LogP contribution in [0.1, 0.15) is 22.9 Å². The van der Waals surface area contributed by atoms with Crippen LogP contribution in [0.15, 0.2) is 107 Å². The summed E-state index contributed by atoms with van der Waals surface area (Å²) >= 11 is 6.83. The molecule has 3 aliphatic rings. The number of hydrogen-bond acceptors (Lipinski definition) is 6. The topological polar surface area (TPSA) is 52.3 Å². The third kappa shape index (κ3) is 4.57. The van der Waals surface area contributed by atoms with Gasteiger partial charge < -0.3 is 14.7 Å². The number of rotatable bonds is 3. The van der Waals surface area contributed by atoms with Gasteiger partial charge in [0.2, 0.25) is 0 Å². The number of para-hydroxylation sites is 3. The van der Waals surface area contributed by atoms with Crippen LogP contribution in [0.25, 0.3) is 5.69 Å². The van der Waals surface area contributed by atoms with E-state index in [1.165, 1.54) is 18.2 Å². The summed E-state index contributed by atoms with van der Waals surface area (Å²) in [6.45, 7) is 4.70. The van der Waals surface area contributed by atoms with E-state index in [4.69, 9.17) is 26.7 Å². The molecular weight excluding hydrogens is 592 g/mol. The molecule has 4 heterocycles. The Morgan fingerprint density at radius 2 is 1.40 bits per heavy atom. The summed E-state index contributed by atoms with van der Waals surface area (Å²) in [5.74, 6) is 1.27. The van der Waals surface area contributed by atoms with Crippen LogP contribution in [0, 0.1) is 18.6 Å². The molecule has 1 atom stereocenters. The van der Waals surface area contributed by atoms with E-state index in [9.17, 15) is 4.39 Å². The van der Waals surface area contributed by atoms with Gasteiger partial charge in [0.1, 0.15) is 11.6 Å². The summed E-state index contributed by atoms with van der Waals surface area (Å²) in [5.41, 5.74) is 5.28. The first kappa shape index (κ1) is 27.5. The Kier molecular flexibility index (Phi) is 6.64. The van der Waals surface area contributed by atoms with Gasteiger partial charge in [0, 0.05) is 48.0 Å². The van der Waals surface area contributed by atoms with E-state index in [0.29, 0.717) is 54.3 Å². The summed E-state index contributed by atoms with van der Waals surface area (Å²) in [6.07, 6.45) is 0. The molecular formula is C35H28ClF2N7. The lowest BCUT2D eigenvalue weighted by molar-refractivity contribution is 0.389. The largest absolute Gasteiger partial charge is 0.368 e. The van der Waals surface area contributed by atoms with Crippen molar-refractivity contribution in [3.05, 3.63) is 131 Å². The number of aryl methyl sites for hydroxylation is 1. The molecule has 5 aromatic rings. The van der Waals surface area contributed by atoms with Crippen LogP contribution in [0.2, 0.25) is 5.02 Å². The Morgan fingerprint density at radius 3 is 2.16 bits per heavy atom. The van der Waals surface area contributed by atoms with Crippen molar-refractivity contribution in [1.82, 2.24) is 14.7 Å². The Morgan fingerprint density at radius 1 is 0.689 bits per heavy atom. The molecule has 0 amide bonds. The minimum absolute atomic E-state index is 0.253. The number of piperazine rings is 1. The van der Waals surface area contributed by atoms with E-state index in [2.05, 4.69) is 14.7 Å². The molecule has 4 aromatic carbocycles. The van der Waals surface area contributed by atoms with Gasteiger partial charge in [-0.15, -0.1) is 0 Å². The van der Waals surface area contributed by atoms with Gasteiger partial charge in [0.15, 0.2) is 17.5 Å². The SMILES string of the molecule is Cc1nn(-c2ccccc2)c2c1[C@@H](c1c(F)cccc1Cl)N1C(=N2)C(N2CCN(c3ccc(F)cc3)CC2)=Nc2ccccc21. The quantitative estimate of drug-likeness (QED) is 0.209. The minimum atomic E-state index is -0.647. The smallest absolute Gasteiger partial charge is 0.179 e. The molecule has 0 aliphatic carbocycles. The summed E-state index contributed by atoms with van der Waals surface area (Å²) < 4.78 is 31.4. The van der Waals surface area contributed by atoms with E-state index in [0.717, 1.165) is 34.0 Å². The fourth-order valence-corrected chi connectivity index (χ4v) is 6.80. The molecule has 1 saturated heterocycles. The molecule has 10 heteroatoms. The lowest BCUT2D eigenvalue weighted by atomic mass is 9.92. The molecule has 0 bridgehead atoms. The number of aliphatic imine (C=N–C) groups is 2. The number of benzene rings is 4. The molecule has 0 saturated carbocycles. The normalized spacial score (nSPS) is 17.3. The van der Waals surface area contributed by atoms with E-state index >= 15 is 4.39 Å². The zero-order chi connectivity index (χ0) is 30.7. The monoisotopic (exact) mass is 619 g/mol. The van der Waals surface area contributed by atoms with Gasteiger partial charge in [-0.2, -0.15) is 5.10 Å². The van der Waals surface area contributed by atoms with Crippen LogP contribution < -0.4 is 9.80 Å². The molecule has 224 valence electrons. The number of halogens is 3. The van der Waals surface area contributed by atoms with E-state index < -0.39 is 11.9 Å². The Bertz CT molecular complexity index is 1960. The van der Waals surface area contributed by atoms with E-state index in [1.807, 2.05) is 78.3 Å². The van der Waals surface area contributed by atoms with Gasteiger partial charge in [-0.05, 0) is 67.6 Å². The lowest BCUT2D eigenvalue weighted by Gasteiger charge is -2.44. The predicted octanol–water partition coefficient (Wildman–Crippen LogP) is 7.62. The van der Waals surface area contributed by atoms with Gasteiger partial charge in [0.25, 0.3) is 0 Å².